The molecule has 0 radical (unpaired) electrons. The van der Waals surface area contributed by atoms with Crippen LogP contribution in [0.4, 0.5) is 38.0 Å². The summed E-state index contributed by atoms with van der Waals surface area (Å²) in [5.74, 6) is -1.31. The number of halogens is 6. The number of alkyl halides is 6. The van der Waals surface area contributed by atoms with E-state index in [0.29, 0.717) is 60.2 Å². The maximum absolute atomic E-state index is 13.5. The second-order valence-electron chi connectivity index (χ2n) is 10.3. The fourth-order valence-electron chi connectivity index (χ4n) is 5.11. The Balaban J connectivity index is 1.50. The van der Waals surface area contributed by atoms with E-state index in [4.69, 9.17) is 0 Å². The van der Waals surface area contributed by atoms with Crippen LogP contribution >= 0.6 is 0 Å². The monoisotopic (exact) mass is 605 g/mol. The van der Waals surface area contributed by atoms with Crippen LogP contribution in [-0.2, 0) is 30.2 Å². The average Bonchev–Trinajstić information content (AvgIpc) is 2.96. The standard InChI is InChI=1S/C29H25F6N5O3/c30-28(31,32)20-9-17(10-21(12-20)29(33,34)35)15-40(16-22-11-19-3-1-2-4-24(19)25(41)38-22)27-36-13-23(14-37-27)39-7-5-18(6-8-39)26(42)43/h1-4,9-14,18H,5-8,15-16H2,(H,38,41)(H,42,43). The van der Waals surface area contributed by atoms with Crippen molar-refractivity contribution in [2.45, 2.75) is 38.3 Å². The van der Waals surface area contributed by atoms with Crippen molar-refractivity contribution in [2.24, 2.45) is 5.92 Å². The number of hydrogen-bond donors (Lipinski definition) is 2. The number of pyridine rings is 1. The Labute approximate surface area is 240 Å². The van der Waals surface area contributed by atoms with Gasteiger partial charge in [-0.05, 0) is 54.1 Å². The summed E-state index contributed by atoms with van der Waals surface area (Å²) in [5.41, 5.74) is -2.66. The molecule has 1 fully saturated rings. The summed E-state index contributed by atoms with van der Waals surface area (Å²) < 4.78 is 81.3. The zero-order chi connectivity index (χ0) is 30.9. The minimum absolute atomic E-state index is 0.00384. The molecular weight excluding hydrogens is 580 g/mol. The number of nitrogens with zero attached hydrogens (tertiary/aromatic N) is 4. The molecule has 0 bridgehead atoms. The Morgan fingerprint density at radius 3 is 2.12 bits per heavy atom. The minimum Gasteiger partial charge on any atom is -0.481 e. The quantitative estimate of drug-likeness (QED) is 0.254. The number of carboxylic acid groups (broad SMARTS) is 1. The molecule has 0 saturated carbocycles. The van der Waals surface area contributed by atoms with Crippen molar-refractivity contribution in [3.63, 3.8) is 0 Å². The lowest BCUT2D eigenvalue weighted by Gasteiger charge is -2.31. The number of nitrogens with one attached hydrogen (secondary N) is 1. The number of anilines is 2. The molecule has 0 aliphatic carbocycles. The van der Waals surface area contributed by atoms with E-state index in [1.807, 2.05) is 4.90 Å². The lowest BCUT2D eigenvalue weighted by molar-refractivity contribution is -0.144. The molecule has 3 heterocycles. The van der Waals surface area contributed by atoms with Gasteiger partial charge in [-0.2, -0.15) is 26.3 Å². The van der Waals surface area contributed by atoms with E-state index in [0.717, 1.165) is 0 Å². The Hall–Kier alpha value is -4.62. The molecule has 0 atom stereocenters. The van der Waals surface area contributed by atoms with E-state index in [-0.39, 0.29) is 24.1 Å². The number of piperidine rings is 1. The first kappa shape index (κ1) is 29.9. The van der Waals surface area contributed by atoms with Gasteiger partial charge >= 0.3 is 18.3 Å². The normalized spacial score (nSPS) is 14.7. The van der Waals surface area contributed by atoms with E-state index in [9.17, 15) is 41.0 Å². The number of aromatic amines is 1. The van der Waals surface area contributed by atoms with Crippen LogP contribution in [0.3, 0.4) is 0 Å². The van der Waals surface area contributed by atoms with Gasteiger partial charge in [-0.25, -0.2) is 9.97 Å². The van der Waals surface area contributed by atoms with Gasteiger partial charge in [0.15, 0.2) is 0 Å². The Morgan fingerprint density at radius 1 is 0.930 bits per heavy atom. The number of carbonyl (C=O) groups is 1. The Morgan fingerprint density at radius 2 is 1.53 bits per heavy atom. The molecule has 8 nitrogen and oxygen atoms in total. The minimum atomic E-state index is -5.02. The fraction of sp³-hybridized carbons (Fsp3) is 0.310. The summed E-state index contributed by atoms with van der Waals surface area (Å²) >= 11 is 0. The predicted molar refractivity (Wildman–Crippen MR) is 146 cm³/mol. The summed E-state index contributed by atoms with van der Waals surface area (Å²) in [6, 6.07) is 9.77. The maximum Gasteiger partial charge on any atom is 0.416 e. The highest BCUT2D eigenvalue weighted by Crippen LogP contribution is 2.37. The van der Waals surface area contributed by atoms with Crippen molar-refractivity contribution in [1.82, 2.24) is 15.0 Å². The smallest absolute Gasteiger partial charge is 0.416 e. The number of benzene rings is 2. The van der Waals surface area contributed by atoms with Crippen molar-refractivity contribution in [3.8, 4) is 0 Å². The van der Waals surface area contributed by atoms with Gasteiger partial charge in [-0.1, -0.05) is 18.2 Å². The van der Waals surface area contributed by atoms with Crippen molar-refractivity contribution in [3.05, 3.63) is 93.7 Å². The van der Waals surface area contributed by atoms with Gasteiger partial charge in [0.05, 0.1) is 41.7 Å². The maximum atomic E-state index is 13.5. The Bertz CT molecular complexity index is 1650. The molecule has 0 spiro atoms. The summed E-state index contributed by atoms with van der Waals surface area (Å²) in [5, 5.41) is 10.3. The summed E-state index contributed by atoms with van der Waals surface area (Å²) in [7, 11) is 0. The van der Waals surface area contributed by atoms with E-state index in [1.54, 1.807) is 30.3 Å². The Kier molecular flexibility index (Phi) is 8.04. The van der Waals surface area contributed by atoms with Gasteiger partial charge in [0.2, 0.25) is 5.95 Å². The molecule has 1 saturated heterocycles. The van der Waals surface area contributed by atoms with E-state index in [2.05, 4.69) is 15.0 Å². The number of aliphatic carboxylic acids is 1. The second kappa shape index (κ2) is 11.6. The first-order chi connectivity index (χ1) is 20.3. The number of hydrogen-bond acceptors (Lipinski definition) is 6. The topological polar surface area (TPSA) is 102 Å². The average molecular weight is 606 g/mol. The first-order valence-electron chi connectivity index (χ1n) is 13.2. The van der Waals surface area contributed by atoms with Gasteiger partial charge in [-0.15, -0.1) is 0 Å². The third-order valence-corrected chi connectivity index (χ3v) is 7.31. The first-order valence-corrected chi connectivity index (χ1v) is 13.2. The zero-order valence-corrected chi connectivity index (χ0v) is 22.4. The summed E-state index contributed by atoms with van der Waals surface area (Å²) in [4.78, 5) is 38.6. The highest BCUT2D eigenvalue weighted by atomic mass is 19.4. The van der Waals surface area contributed by atoms with Crippen LogP contribution in [0.25, 0.3) is 10.8 Å². The molecule has 1 aliphatic rings. The molecule has 2 aromatic carbocycles. The molecule has 0 unspecified atom stereocenters. The number of aromatic nitrogens is 3. The molecular formula is C29H25F6N5O3. The lowest BCUT2D eigenvalue weighted by atomic mass is 9.97. The zero-order valence-electron chi connectivity index (χ0n) is 22.4. The lowest BCUT2D eigenvalue weighted by Crippen LogP contribution is -2.36. The highest BCUT2D eigenvalue weighted by molar-refractivity contribution is 5.81. The third-order valence-electron chi connectivity index (χ3n) is 7.31. The van der Waals surface area contributed by atoms with Crippen LogP contribution in [0.1, 0.15) is 35.2 Å². The van der Waals surface area contributed by atoms with Gasteiger partial charge < -0.3 is 19.9 Å². The molecule has 43 heavy (non-hydrogen) atoms. The number of carboxylic acids is 1. The van der Waals surface area contributed by atoms with Crippen molar-refractivity contribution < 1.29 is 36.2 Å². The van der Waals surface area contributed by atoms with Crippen LogP contribution < -0.4 is 15.4 Å². The van der Waals surface area contributed by atoms with Crippen molar-refractivity contribution >= 4 is 28.4 Å². The molecule has 4 aromatic rings. The van der Waals surface area contributed by atoms with E-state index in [1.165, 1.54) is 17.3 Å². The van der Waals surface area contributed by atoms with Gasteiger partial charge in [0, 0.05) is 30.7 Å². The largest absolute Gasteiger partial charge is 0.481 e. The number of rotatable bonds is 7. The van der Waals surface area contributed by atoms with Crippen LogP contribution in [0.5, 0.6) is 0 Å². The molecule has 1 aliphatic heterocycles. The SMILES string of the molecule is O=C(O)C1CCN(c2cnc(N(Cc3cc(C(F)(F)F)cc(C(F)(F)F)c3)Cc3cc4ccccc4c(=O)[nH]3)nc2)CC1. The van der Waals surface area contributed by atoms with E-state index < -0.39 is 47.5 Å². The van der Waals surface area contributed by atoms with Crippen LogP contribution in [0.15, 0.2) is 65.7 Å². The molecule has 2 aromatic heterocycles. The van der Waals surface area contributed by atoms with Crippen LogP contribution in [0.2, 0.25) is 0 Å². The second-order valence-corrected chi connectivity index (χ2v) is 10.3. The van der Waals surface area contributed by atoms with Gasteiger partial charge in [-0.3, -0.25) is 9.59 Å². The van der Waals surface area contributed by atoms with E-state index >= 15 is 0 Å². The van der Waals surface area contributed by atoms with Crippen LogP contribution in [-0.4, -0.2) is 39.1 Å². The molecule has 5 rings (SSSR count). The van der Waals surface area contributed by atoms with Crippen LogP contribution in [0, 0.1) is 5.92 Å². The summed E-state index contributed by atoms with van der Waals surface area (Å²) in [6.45, 7) is 0.324. The summed E-state index contributed by atoms with van der Waals surface area (Å²) in [6.07, 6.45) is -6.25. The highest BCUT2D eigenvalue weighted by Gasteiger charge is 2.37. The van der Waals surface area contributed by atoms with Crippen molar-refractivity contribution in [1.29, 1.82) is 0 Å². The molecule has 14 heteroatoms. The van der Waals surface area contributed by atoms with Gasteiger partial charge in [0.1, 0.15) is 0 Å². The van der Waals surface area contributed by atoms with Crippen molar-refractivity contribution in [2.75, 3.05) is 22.9 Å². The molecule has 2 N–H and O–H groups in total. The van der Waals surface area contributed by atoms with Gasteiger partial charge in [0.25, 0.3) is 5.56 Å². The number of H-pyrrole nitrogens is 1. The fourth-order valence-corrected chi connectivity index (χ4v) is 5.11. The molecule has 226 valence electrons. The number of fused-ring (bicyclic) bond motifs is 1. The third kappa shape index (κ3) is 6.89. The predicted octanol–water partition coefficient (Wildman–Crippen LogP) is 5.86. The molecule has 0 amide bonds.